The van der Waals surface area contributed by atoms with Crippen molar-refractivity contribution < 1.29 is 13.9 Å². The van der Waals surface area contributed by atoms with Crippen molar-refractivity contribution in [1.82, 2.24) is 24.7 Å². The number of aromatic nitrogens is 4. The van der Waals surface area contributed by atoms with Crippen molar-refractivity contribution in [1.29, 1.82) is 0 Å². The number of carbonyl (C=O) groups excluding carboxylic acids is 1. The summed E-state index contributed by atoms with van der Waals surface area (Å²) >= 11 is 0. The second kappa shape index (κ2) is 9.34. The van der Waals surface area contributed by atoms with E-state index in [1.54, 1.807) is 12.3 Å². The molecule has 3 aromatic heterocycles. The molecule has 0 unspecified atom stereocenters. The highest BCUT2D eigenvalue weighted by Crippen LogP contribution is 2.26. The highest BCUT2D eigenvalue weighted by Gasteiger charge is 2.16. The van der Waals surface area contributed by atoms with E-state index in [0.29, 0.717) is 29.5 Å². The Kier molecular flexibility index (Phi) is 6.62. The predicted molar refractivity (Wildman–Crippen MR) is 109 cm³/mol. The summed E-state index contributed by atoms with van der Waals surface area (Å²) in [5.74, 6) is -0.302. The Bertz CT molecular complexity index is 961. The minimum atomic E-state index is -0.630. The lowest BCUT2D eigenvalue weighted by Gasteiger charge is -2.26. The third-order valence-corrected chi connectivity index (χ3v) is 4.42. The van der Waals surface area contributed by atoms with E-state index in [2.05, 4.69) is 25.5 Å². The Labute approximate surface area is 168 Å². The topological polar surface area (TPSA) is 150 Å². The molecule has 156 valence electrons. The number of carbonyl (C=O) groups is 1. The van der Waals surface area contributed by atoms with Gasteiger partial charge in [0.1, 0.15) is 0 Å². The van der Waals surface area contributed by atoms with Crippen molar-refractivity contribution in [2.24, 2.45) is 5.73 Å². The van der Waals surface area contributed by atoms with Crippen LogP contribution in [0.4, 0.5) is 11.7 Å². The van der Waals surface area contributed by atoms with Crippen LogP contribution in [0.15, 0.2) is 22.9 Å². The van der Waals surface area contributed by atoms with Crippen molar-refractivity contribution in [2.75, 3.05) is 50.4 Å². The van der Waals surface area contributed by atoms with E-state index in [0.717, 1.165) is 32.8 Å². The van der Waals surface area contributed by atoms with Crippen molar-refractivity contribution in [3.63, 3.8) is 0 Å². The van der Waals surface area contributed by atoms with Gasteiger partial charge in [0.25, 0.3) is 11.8 Å². The zero-order chi connectivity index (χ0) is 20.8. The number of nitrogens with zero attached hydrogens (tertiary/aromatic N) is 5. The first-order chi connectivity index (χ1) is 14.1. The van der Waals surface area contributed by atoms with Crippen molar-refractivity contribution in [3.05, 3.63) is 24.0 Å². The molecule has 0 aromatic carbocycles. The number of morpholine rings is 1. The smallest absolute Gasteiger partial charge is 0.315 e. The van der Waals surface area contributed by atoms with Gasteiger partial charge in [-0.2, -0.15) is 5.10 Å². The van der Waals surface area contributed by atoms with E-state index in [9.17, 15) is 4.79 Å². The highest BCUT2D eigenvalue weighted by atomic mass is 16.5. The van der Waals surface area contributed by atoms with E-state index < -0.39 is 5.91 Å². The van der Waals surface area contributed by atoms with Gasteiger partial charge in [0.05, 0.1) is 41.7 Å². The van der Waals surface area contributed by atoms with Crippen molar-refractivity contribution in [3.8, 4) is 11.5 Å². The maximum Gasteiger partial charge on any atom is 0.315 e. The van der Waals surface area contributed by atoms with Gasteiger partial charge in [-0.1, -0.05) is 18.9 Å². The van der Waals surface area contributed by atoms with Crippen LogP contribution in [0, 0.1) is 0 Å². The lowest BCUT2D eigenvalue weighted by molar-refractivity contribution is 0.0398. The maximum atomic E-state index is 11.4. The molecule has 0 atom stereocenters. The Morgan fingerprint density at radius 2 is 2.03 bits per heavy atom. The van der Waals surface area contributed by atoms with Gasteiger partial charge in [0.15, 0.2) is 0 Å². The zero-order valence-electron chi connectivity index (χ0n) is 16.6. The fourth-order valence-electron chi connectivity index (χ4n) is 2.95. The molecule has 4 heterocycles. The van der Waals surface area contributed by atoms with Crippen molar-refractivity contribution in [2.45, 2.75) is 13.8 Å². The Morgan fingerprint density at radius 1 is 1.28 bits per heavy atom. The van der Waals surface area contributed by atoms with E-state index in [1.807, 2.05) is 13.8 Å². The number of nitrogens with two attached hydrogens (primary N) is 2. The molecule has 3 aromatic rings. The summed E-state index contributed by atoms with van der Waals surface area (Å²) in [5, 5.41) is 15.3. The van der Waals surface area contributed by atoms with Gasteiger partial charge in [-0.25, -0.2) is 4.52 Å². The summed E-state index contributed by atoms with van der Waals surface area (Å²) in [4.78, 5) is 13.7. The van der Waals surface area contributed by atoms with Gasteiger partial charge >= 0.3 is 6.01 Å². The number of hydrogen-bond acceptors (Lipinski definition) is 9. The van der Waals surface area contributed by atoms with E-state index >= 15 is 0 Å². The first-order valence-corrected chi connectivity index (χ1v) is 9.56. The summed E-state index contributed by atoms with van der Waals surface area (Å²) in [6.45, 7) is 8.94. The van der Waals surface area contributed by atoms with Gasteiger partial charge in [-0.15, -0.1) is 5.10 Å². The second-order valence-electron chi connectivity index (χ2n) is 6.19. The van der Waals surface area contributed by atoms with Crippen LogP contribution in [0.1, 0.15) is 24.2 Å². The van der Waals surface area contributed by atoms with Gasteiger partial charge in [-0.3, -0.25) is 9.69 Å². The molecule has 0 spiro atoms. The first-order valence-electron chi connectivity index (χ1n) is 9.56. The summed E-state index contributed by atoms with van der Waals surface area (Å²) in [5.41, 5.74) is 12.9. The van der Waals surface area contributed by atoms with Crippen LogP contribution < -0.4 is 16.8 Å². The molecule has 11 nitrogen and oxygen atoms in total. The van der Waals surface area contributed by atoms with Crippen LogP contribution in [0.5, 0.6) is 0 Å². The van der Waals surface area contributed by atoms with Gasteiger partial charge in [-0.05, 0) is 6.07 Å². The van der Waals surface area contributed by atoms with Gasteiger partial charge in [0.2, 0.25) is 0 Å². The molecule has 11 heteroatoms. The lowest BCUT2D eigenvalue weighted by atomic mass is 10.2. The molecule has 1 amide bonds. The number of nitrogen functional groups attached to an aromatic ring is 1. The Hall–Kier alpha value is -3.18. The Balaban J connectivity index is 0.00000117. The standard InChI is InChI=1S/C16H20N8O3.C2H6/c17-13-11(14(18)25)8-20-24-9-10(7-12(13)24)15-21-22-16(27-15)19-1-2-23-3-5-26-6-4-23;1-2/h7-9H,1-6,17H2,(H2,18,25)(H,19,22);1-2H3. The first kappa shape index (κ1) is 20.6. The average molecular weight is 402 g/mol. The summed E-state index contributed by atoms with van der Waals surface area (Å²) in [7, 11) is 0. The number of primary amides is 1. The fraction of sp³-hybridized carbons (Fsp3) is 0.444. The molecule has 1 aliphatic rings. The fourth-order valence-corrected chi connectivity index (χ4v) is 2.95. The van der Waals surface area contributed by atoms with Crippen LogP contribution in [0.2, 0.25) is 0 Å². The number of ether oxygens (including phenoxy) is 1. The molecule has 0 aliphatic carbocycles. The number of anilines is 2. The van der Waals surface area contributed by atoms with E-state index in [1.165, 1.54) is 10.7 Å². The van der Waals surface area contributed by atoms with Gasteiger partial charge in [0, 0.05) is 32.4 Å². The lowest BCUT2D eigenvalue weighted by Crippen LogP contribution is -2.39. The van der Waals surface area contributed by atoms with Crippen LogP contribution in [-0.4, -0.2) is 70.0 Å². The maximum absolute atomic E-state index is 11.4. The highest BCUT2D eigenvalue weighted by molar-refractivity contribution is 6.01. The molecule has 1 saturated heterocycles. The van der Waals surface area contributed by atoms with Gasteiger partial charge < -0.3 is 25.9 Å². The monoisotopic (exact) mass is 402 g/mol. The molecule has 1 aliphatic heterocycles. The molecule has 1 fully saturated rings. The SMILES string of the molecule is CC.NC(=O)c1cnn2cc(-c3nnc(NCCN4CCOCC4)o3)cc2c1N. The summed E-state index contributed by atoms with van der Waals surface area (Å²) in [6, 6.07) is 2.06. The molecule has 0 saturated carbocycles. The molecular formula is C18H26N8O3. The van der Waals surface area contributed by atoms with E-state index in [-0.39, 0.29) is 11.3 Å². The minimum absolute atomic E-state index is 0.170. The molecular weight excluding hydrogens is 376 g/mol. The quantitative estimate of drug-likeness (QED) is 0.545. The number of amides is 1. The minimum Gasteiger partial charge on any atom is -0.403 e. The Morgan fingerprint density at radius 3 is 2.76 bits per heavy atom. The third kappa shape index (κ3) is 4.63. The van der Waals surface area contributed by atoms with Crippen LogP contribution in [0.3, 0.4) is 0 Å². The zero-order valence-corrected chi connectivity index (χ0v) is 16.6. The van der Waals surface area contributed by atoms with Crippen LogP contribution in [0.25, 0.3) is 17.0 Å². The molecule has 29 heavy (non-hydrogen) atoms. The summed E-state index contributed by atoms with van der Waals surface area (Å²) in [6.07, 6.45) is 3.03. The second-order valence-corrected chi connectivity index (χ2v) is 6.19. The van der Waals surface area contributed by atoms with E-state index in [4.69, 9.17) is 20.6 Å². The number of rotatable bonds is 6. The number of nitrogens with one attached hydrogen (secondary N) is 1. The molecule has 0 bridgehead atoms. The van der Waals surface area contributed by atoms with Crippen LogP contribution in [-0.2, 0) is 4.74 Å². The van der Waals surface area contributed by atoms with Crippen LogP contribution >= 0.6 is 0 Å². The molecule has 0 radical (unpaired) electrons. The average Bonchev–Trinajstić information content (AvgIpc) is 3.38. The normalized spacial score (nSPS) is 14.4. The number of fused-ring (bicyclic) bond motifs is 1. The summed E-state index contributed by atoms with van der Waals surface area (Å²) < 4.78 is 12.5. The number of hydrogen-bond donors (Lipinski definition) is 3. The molecule has 5 N–H and O–H groups in total. The predicted octanol–water partition coefficient (Wildman–Crippen LogP) is 0.836. The largest absolute Gasteiger partial charge is 0.403 e. The third-order valence-electron chi connectivity index (χ3n) is 4.42. The van der Waals surface area contributed by atoms with Crippen molar-refractivity contribution >= 4 is 23.1 Å². The molecule has 4 rings (SSSR count).